The topological polar surface area (TPSA) is 93.5 Å². The molecule has 152 valence electrons. The lowest BCUT2D eigenvalue weighted by atomic mass is 10.3. The molecule has 0 aliphatic carbocycles. The maximum Gasteiger partial charge on any atom is 0.244 e. The molecule has 0 atom stereocenters. The maximum absolute atomic E-state index is 12.9. The Hall–Kier alpha value is -2.46. The molecule has 1 fully saturated rings. The summed E-state index contributed by atoms with van der Waals surface area (Å²) in [5.41, 5.74) is 2.00. The van der Waals surface area contributed by atoms with Crippen molar-refractivity contribution in [3.05, 3.63) is 53.8 Å². The smallest absolute Gasteiger partial charge is 0.244 e. The molecule has 1 N–H and O–H groups in total. The third kappa shape index (κ3) is 4.13. The fourth-order valence-corrected chi connectivity index (χ4v) is 5.10. The van der Waals surface area contributed by atoms with Gasteiger partial charge in [0.25, 0.3) is 0 Å². The lowest BCUT2D eigenvalue weighted by Gasteiger charge is -2.26. The molecule has 0 radical (unpaired) electrons. The van der Waals surface area contributed by atoms with Crippen molar-refractivity contribution < 1.29 is 17.9 Å². The van der Waals surface area contributed by atoms with Gasteiger partial charge in [-0.2, -0.15) is 4.31 Å². The highest BCUT2D eigenvalue weighted by Crippen LogP contribution is 2.28. The summed E-state index contributed by atoms with van der Waals surface area (Å²) in [6, 6.07) is 11.9. The molecule has 0 spiro atoms. The van der Waals surface area contributed by atoms with E-state index in [9.17, 15) is 13.2 Å². The third-order valence-electron chi connectivity index (χ3n) is 4.64. The molecular weight excluding hydrogens is 416 g/mol. The number of benzene rings is 2. The molecule has 8 nitrogen and oxygen atoms in total. The summed E-state index contributed by atoms with van der Waals surface area (Å²) < 4.78 is 34.1. The van der Waals surface area contributed by atoms with Crippen molar-refractivity contribution in [2.24, 2.45) is 0 Å². The second kappa shape index (κ2) is 8.11. The first kappa shape index (κ1) is 19.8. The van der Waals surface area contributed by atoms with Crippen molar-refractivity contribution in [2.75, 3.05) is 31.6 Å². The number of sulfonamides is 1. The Bertz CT molecular complexity index is 1160. The van der Waals surface area contributed by atoms with E-state index >= 15 is 0 Å². The van der Waals surface area contributed by atoms with Crippen molar-refractivity contribution in [2.45, 2.75) is 11.4 Å². The van der Waals surface area contributed by atoms with Gasteiger partial charge in [0.1, 0.15) is 11.4 Å². The van der Waals surface area contributed by atoms with Gasteiger partial charge in [-0.25, -0.2) is 13.4 Å². The minimum absolute atomic E-state index is 0.0352. The van der Waals surface area contributed by atoms with Crippen molar-refractivity contribution in [3.8, 4) is 0 Å². The van der Waals surface area contributed by atoms with Gasteiger partial charge in [-0.3, -0.25) is 4.79 Å². The Kier molecular flexibility index (Phi) is 5.55. The Balaban J connectivity index is 1.53. The maximum atomic E-state index is 12.9. The van der Waals surface area contributed by atoms with Gasteiger partial charge in [0.15, 0.2) is 0 Å². The van der Waals surface area contributed by atoms with Crippen LogP contribution in [0, 0.1) is 0 Å². The average Bonchev–Trinajstić information content (AvgIpc) is 3.13. The molecule has 10 heteroatoms. The number of halogens is 1. The molecule has 0 bridgehead atoms. The number of nitrogens with zero attached hydrogens (tertiary/aromatic N) is 3. The highest BCUT2D eigenvalue weighted by atomic mass is 35.5. The third-order valence-corrected chi connectivity index (χ3v) is 7.02. The number of morpholine rings is 1. The molecule has 3 aromatic rings. The summed E-state index contributed by atoms with van der Waals surface area (Å²) >= 11 is 6.15. The van der Waals surface area contributed by atoms with Crippen molar-refractivity contribution in [1.82, 2.24) is 13.9 Å². The van der Waals surface area contributed by atoms with Crippen molar-refractivity contribution >= 4 is 44.3 Å². The number of para-hydroxylation sites is 2. The number of nitrogens with one attached hydrogen (secondary N) is 1. The molecule has 4 rings (SSSR count). The monoisotopic (exact) mass is 434 g/mol. The van der Waals surface area contributed by atoms with E-state index in [-0.39, 0.29) is 35.5 Å². The normalized spacial score (nSPS) is 15.5. The Labute approximate surface area is 173 Å². The quantitative estimate of drug-likeness (QED) is 0.665. The van der Waals surface area contributed by atoms with Gasteiger partial charge in [-0.05, 0) is 30.3 Å². The summed E-state index contributed by atoms with van der Waals surface area (Å²) in [6.07, 6.45) is 1.60. The first-order valence-corrected chi connectivity index (χ1v) is 10.8. The number of rotatable bonds is 5. The Morgan fingerprint density at radius 2 is 1.93 bits per heavy atom. The van der Waals surface area contributed by atoms with E-state index in [0.29, 0.717) is 18.9 Å². The second-order valence-corrected chi connectivity index (χ2v) is 8.88. The number of carbonyl (C=O) groups is 1. The van der Waals surface area contributed by atoms with Gasteiger partial charge in [-0.15, -0.1) is 0 Å². The Morgan fingerprint density at radius 1 is 1.17 bits per heavy atom. The zero-order valence-electron chi connectivity index (χ0n) is 15.4. The molecule has 1 saturated heterocycles. The number of aromatic nitrogens is 2. The number of carbonyl (C=O) groups excluding carboxylic acids is 1. The zero-order chi connectivity index (χ0) is 20.4. The van der Waals surface area contributed by atoms with Crippen LogP contribution in [0.25, 0.3) is 11.0 Å². The van der Waals surface area contributed by atoms with Crippen LogP contribution in [0.15, 0.2) is 53.7 Å². The first-order chi connectivity index (χ1) is 13.9. The lowest BCUT2D eigenvalue weighted by Crippen LogP contribution is -2.40. The highest BCUT2D eigenvalue weighted by Gasteiger charge is 2.28. The summed E-state index contributed by atoms with van der Waals surface area (Å²) in [7, 11) is -3.77. The summed E-state index contributed by atoms with van der Waals surface area (Å²) in [6.45, 7) is 1.26. The molecule has 0 unspecified atom stereocenters. The molecule has 1 aliphatic rings. The van der Waals surface area contributed by atoms with Gasteiger partial charge in [0.05, 0.1) is 35.6 Å². The van der Waals surface area contributed by atoms with Crippen molar-refractivity contribution in [1.29, 1.82) is 0 Å². The molecular formula is C19H19ClN4O4S. The van der Waals surface area contributed by atoms with Crippen LogP contribution in [-0.2, 0) is 26.1 Å². The van der Waals surface area contributed by atoms with Gasteiger partial charge >= 0.3 is 0 Å². The zero-order valence-corrected chi connectivity index (χ0v) is 17.0. The molecule has 1 aliphatic heterocycles. The van der Waals surface area contributed by atoms with Crippen LogP contribution in [0.2, 0.25) is 5.02 Å². The predicted octanol–water partition coefficient (Wildman–Crippen LogP) is 2.35. The Morgan fingerprint density at radius 3 is 2.72 bits per heavy atom. The molecule has 29 heavy (non-hydrogen) atoms. The van der Waals surface area contributed by atoms with Gasteiger partial charge < -0.3 is 14.6 Å². The van der Waals surface area contributed by atoms with Gasteiger partial charge in [0, 0.05) is 18.8 Å². The van der Waals surface area contributed by atoms with E-state index in [2.05, 4.69) is 10.3 Å². The standard InChI is InChI=1S/C19H19ClN4O4S/c20-15-6-5-14(11-18(15)29(26,27)24-7-9-28-10-8-24)22-19(25)12-23-13-21-16-3-1-2-4-17(16)23/h1-6,11,13H,7-10,12H2,(H,22,25). The van der Waals surface area contributed by atoms with Crippen LogP contribution < -0.4 is 5.32 Å². The second-order valence-electron chi connectivity index (χ2n) is 6.57. The van der Waals surface area contributed by atoms with Crippen LogP contribution >= 0.6 is 11.6 Å². The van der Waals surface area contributed by atoms with E-state index < -0.39 is 10.0 Å². The summed E-state index contributed by atoms with van der Waals surface area (Å²) in [4.78, 5) is 16.7. The van der Waals surface area contributed by atoms with Gasteiger partial charge in [0.2, 0.25) is 15.9 Å². The molecule has 1 amide bonds. The lowest BCUT2D eigenvalue weighted by molar-refractivity contribution is -0.116. The minimum Gasteiger partial charge on any atom is -0.379 e. The van der Waals surface area contributed by atoms with E-state index in [1.807, 2.05) is 24.3 Å². The number of amides is 1. The predicted molar refractivity (Wildman–Crippen MR) is 109 cm³/mol. The minimum atomic E-state index is -3.77. The van der Waals surface area contributed by atoms with E-state index in [4.69, 9.17) is 16.3 Å². The summed E-state index contributed by atoms with van der Waals surface area (Å²) in [5.74, 6) is -0.301. The van der Waals surface area contributed by atoms with E-state index in [1.165, 1.54) is 16.4 Å². The van der Waals surface area contributed by atoms with Crippen LogP contribution in [0.1, 0.15) is 0 Å². The van der Waals surface area contributed by atoms with Gasteiger partial charge in [-0.1, -0.05) is 23.7 Å². The molecule has 2 heterocycles. The van der Waals surface area contributed by atoms with Crippen molar-refractivity contribution in [3.63, 3.8) is 0 Å². The SMILES string of the molecule is O=C(Cn1cnc2ccccc21)Nc1ccc(Cl)c(S(=O)(=O)N2CCOCC2)c1. The first-order valence-electron chi connectivity index (χ1n) is 9.02. The number of fused-ring (bicyclic) bond motifs is 1. The fourth-order valence-electron chi connectivity index (χ4n) is 3.20. The van der Waals surface area contributed by atoms with Crippen LogP contribution in [0.4, 0.5) is 5.69 Å². The van der Waals surface area contributed by atoms with Crippen LogP contribution in [0.5, 0.6) is 0 Å². The van der Waals surface area contributed by atoms with E-state index in [0.717, 1.165) is 11.0 Å². The van der Waals surface area contributed by atoms with E-state index in [1.54, 1.807) is 17.0 Å². The number of imidazole rings is 1. The van der Waals surface area contributed by atoms with Crippen LogP contribution in [0.3, 0.4) is 0 Å². The molecule has 1 aromatic heterocycles. The number of anilines is 1. The largest absolute Gasteiger partial charge is 0.379 e. The number of hydrogen-bond donors (Lipinski definition) is 1. The summed E-state index contributed by atoms with van der Waals surface area (Å²) in [5, 5.41) is 2.84. The number of ether oxygens (including phenoxy) is 1. The number of hydrogen-bond acceptors (Lipinski definition) is 5. The van der Waals surface area contributed by atoms with Crippen LogP contribution in [-0.4, -0.2) is 54.5 Å². The highest BCUT2D eigenvalue weighted by molar-refractivity contribution is 7.89. The average molecular weight is 435 g/mol. The molecule has 0 saturated carbocycles. The molecule has 2 aromatic carbocycles. The fraction of sp³-hybridized carbons (Fsp3) is 0.263.